The second-order valence-electron chi connectivity index (χ2n) is 6.14. The van der Waals surface area contributed by atoms with Crippen LogP contribution in [0.4, 0.5) is 5.69 Å². The molecule has 4 heteroatoms. The first kappa shape index (κ1) is 15.6. The van der Waals surface area contributed by atoms with Crippen LogP contribution in [-0.4, -0.2) is 11.6 Å². The highest BCUT2D eigenvalue weighted by atomic mass is 32.1. The zero-order chi connectivity index (χ0) is 15.8. The number of thiophene rings is 1. The number of carbonyl (C=O) groups is 1. The average molecular weight is 303 g/mol. The predicted octanol–water partition coefficient (Wildman–Crippen LogP) is 4.57. The van der Waals surface area contributed by atoms with Crippen LogP contribution >= 0.6 is 11.3 Å². The van der Waals surface area contributed by atoms with Gasteiger partial charge in [-0.2, -0.15) is 0 Å². The van der Waals surface area contributed by atoms with Gasteiger partial charge in [0, 0.05) is 4.88 Å². The molecule has 2 N–H and O–H groups in total. The summed E-state index contributed by atoms with van der Waals surface area (Å²) >= 11 is 1.38. The Bertz CT molecular complexity index is 681. The van der Waals surface area contributed by atoms with Crippen molar-refractivity contribution in [2.75, 3.05) is 5.73 Å². The van der Waals surface area contributed by atoms with E-state index in [0.29, 0.717) is 10.6 Å². The Hall–Kier alpha value is -1.81. The van der Waals surface area contributed by atoms with Crippen LogP contribution in [0.15, 0.2) is 24.3 Å². The molecule has 0 radical (unpaired) electrons. The third-order valence-electron chi connectivity index (χ3n) is 3.22. The number of benzene rings is 1. The largest absolute Gasteiger partial charge is 0.456 e. The Morgan fingerprint density at radius 3 is 2.52 bits per heavy atom. The van der Waals surface area contributed by atoms with Gasteiger partial charge in [-0.3, -0.25) is 0 Å². The van der Waals surface area contributed by atoms with Crippen LogP contribution < -0.4 is 5.73 Å². The van der Waals surface area contributed by atoms with Crippen LogP contribution in [0.25, 0.3) is 10.4 Å². The van der Waals surface area contributed by atoms with Crippen LogP contribution in [0.1, 0.15) is 41.6 Å². The summed E-state index contributed by atoms with van der Waals surface area (Å²) in [5, 5.41) is 0. The zero-order valence-corrected chi connectivity index (χ0v) is 13.9. The number of carbonyl (C=O) groups excluding carboxylic acids is 1. The third-order valence-corrected chi connectivity index (χ3v) is 4.38. The van der Waals surface area contributed by atoms with E-state index in [0.717, 1.165) is 10.4 Å². The van der Waals surface area contributed by atoms with Gasteiger partial charge in [0.1, 0.15) is 10.5 Å². The Labute approximate surface area is 129 Å². The van der Waals surface area contributed by atoms with Gasteiger partial charge in [0.25, 0.3) is 0 Å². The predicted molar refractivity (Wildman–Crippen MR) is 88.8 cm³/mol. The SMILES string of the molecule is Cc1cccc(-c2cc(N)c(C(=O)OC(C)(C)C)s2)c1C. The first-order valence-electron chi connectivity index (χ1n) is 6.88. The second kappa shape index (κ2) is 5.53. The summed E-state index contributed by atoms with van der Waals surface area (Å²) < 4.78 is 5.40. The molecule has 112 valence electrons. The number of rotatable bonds is 2. The number of aryl methyl sites for hydroxylation is 1. The van der Waals surface area contributed by atoms with E-state index in [1.807, 2.05) is 39.0 Å². The summed E-state index contributed by atoms with van der Waals surface area (Å²) in [6, 6.07) is 7.99. The summed E-state index contributed by atoms with van der Waals surface area (Å²) in [5.74, 6) is -0.360. The van der Waals surface area contributed by atoms with Crippen molar-refractivity contribution in [1.29, 1.82) is 0 Å². The van der Waals surface area contributed by atoms with Crippen molar-refractivity contribution in [2.24, 2.45) is 0 Å². The van der Waals surface area contributed by atoms with E-state index >= 15 is 0 Å². The van der Waals surface area contributed by atoms with Crippen molar-refractivity contribution < 1.29 is 9.53 Å². The van der Waals surface area contributed by atoms with Crippen LogP contribution in [0.2, 0.25) is 0 Å². The molecule has 0 saturated heterocycles. The Morgan fingerprint density at radius 2 is 1.90 bits per heavy atom. The molecule has 21 heavy (non-hydrogen) atoms. The summed E-state index contributed by atoms with van der Waals surface area (Å²) in [5.41, 5.74) is 9.49. The van der Waals surface area contributed by atoms with Crippen molar-refractivity contribution in [2.45, 2.75) is 40.2 Å². The van der Waals surface area contributed by atoms with E-state index in [4.69, 9.17) is 10.5 Å². The standard InChI is InChI=1S/C17H21NO2S/c1-10-7-6-8-12(11(10)2)14-9-13(18)15(21-14)16(19)20-17(3,4)5/h6-9H,18H2,1-5H3. The van der Waals surface area contributed by atoms with Crippen molar-refractivity contribution in [1.82, 2.24) is 0 Å². The summed E-state index contributed by atoms with van der Waals surface area (Å²) in [4.78, 5) is 13.7. The minimum Gasteiger partial charge on any atom is -0.456 e. The van der Waals surface area contributed by atoms with Gasteiger partial charge in [0.15, 0.2) is 0 Å². The van der Waals surface area contributed by atoms with Gasteiger partial charge in [-0.05, 0) is 57.4 Å². The molecule has 3 nitrogen and oxygen atoms in total. The van der Waals surface area contributed by atoms with Crippen molar-refractivity contribution >= 4 is 23.0 Å². The Kier molecular flexibility index (Phi) is 4.10. The lowest BCUT2D eigenvalue weighted by Gasteiger charge is -2.18. The minimum atomic E-state index is -0.521. The molecule has 0 saturated carbocycles. The van der Waals surface area contributed by atoms with Gasteiger partial charge in [-0.15, -0.1) is 11.3 Å². The van der Waals surface area contributed by atoms with E-state index < -0.39 is 5.60 Å². The lowest BCUT2D eigenvalue weighted by atomic mass is 10.0. The molecule has 0 aliphatic rings. The molecule has 0 unspecified atom stereocenters. The zero-order valence-electron chi connectivity index (χ0n) is 13.1. The van der Waals surface area contributed by atoms with Gasteiger partial charge in [-0.1, -0.05) is 18.2 Å². The number of ether oxygens (including phenoxy) is 1. The molecule has 2 rings (SSSR count). The second-order valence-corrected chi connectivity index (χ2v) is 7.20. The van der Waals surface area contributed by atoms with Crippen LogP contribution in [-0.2, 0) is 4.74 Å². The molecule has 0 aliphatic carbocycles. The molecule has 0 atom stereocenters. The molecular formula is C17H21NO2S. The molecule has 0 amide bonds. The highest BCUT2D eigenvalue weighted by Crippen LogP contribution is 2.36. The average Bonchev–Trinajstić information content (AvgIpc) is 2.72. The number of esters is 1. The topological polar surface area (TPSA) is 52.3 Å². The minimum absolute atomic E-state index is 0.360. The summed E-state index contributed by atoms with van der Waals surface area (Å²) in [6.45, 7) is 9.69. The highest BCUT2D eigenvalue weighted by Gasteiger charge is 2.22. The molecule has 0 fully saturated rings. The Morgan fingerprint density at radius 1 is 1.24 bits per heavy atom. The van der Waals surface area contributed by atoms with Crippen LogP contribution in [0.5, 0.6) is 0 Å². The smallest absolute Gasteiger partial charge is 0.350 e. The maximum Gasteiger partial charge on any atom is 0.350 e. The number of nitrogen functional groups attached to an aromatic ring is 1. The van der Waals surface area contributed by atoms with Gasteiger partial charge in [-0.25, -0.2) is 4.79 Å². The van der Waals surface area contributed by atoms with Gasteiger partial charge >= 0.3 is 5.97 Å². The maximum atomic E-state index is 12.2. The molecule has 0 spiro atoms. The maximum absolute atomic E-state index is 12.2. The number of anilines is 1. The first-order chi connectivity index (χ1) is 9.69. The number of hydrogen-bond donors (Lipinski definition) is 1. The molecule has 1 aromatic heterocycles. The van der Waals surface area contributed by atoms with Gasteiger partial charge in [0.05, 0.1) is 5.69 Å². The van der Waals surface area contributed by atoms with Crippen LogP contribution in [0, 0.1) is 13.8 Å². The fourth-order valence-electron chi connectivity index (χ4n) is 2.04. The first-order valence-corrected chi connectivity index (χ1v) is 7.70. The van der Waals surface area contributed by atoms with E-state index in [1.54, 1.807) is 0 Å². The fourth-order valence-corrected chi connectivity index (χ4v) is 3.08. The Balaban J connectivity index is 2.40. The molecule has 1 heterocycles. The lowest BCUT2D eigenvalue weighted by molar-refractivity contribution is 0.00764. The van der Waals surface area contributed by atoms with Crippen molar-refractivity contribution in [3.63, 3.8) is 0 Å². The molecular weight excluding hydrogens is 282 g/mol. The molecule has 2 aromatic rings. The van der Waals surface area contributed by atoms with E-state index in [1.165, 1.54) is 22.5 Å². The fraction of sp³-hybridized carbons (Fsp3) is 0.353. The normalized spacial score (nSPS) is 11.5. The highest BCUT2D eigenvalue weighted by molar-refractivity contribution is 7.18. The monoisotopic (exact) mass is 303 g/mol. The van der Waals surface area contributed by atoms with E-state index in [2.05, 4.69) is 19.9 Å². The van der Waals surface area contributed by atoms with Gasteiger partial charge < -0.3 is 10.5 Å². The molecule has 1 aromatic carbocycles. The number of hydrogen-bond acceptors (Lipinski definition) is 4. The molecule has 0 bridgehead atoms. The lowest BCUT2D eigenvalue weighted by Crippen LogP contribution is -2.23. The van der Waals surface area contributed by atoms with Crippen LogP contribution in [0.3, 0.4) is 0 Å². The summed E-state index contributed by atoms with van der Waals surface area (Å²) in [6.07, 6.45) is 0. The quantitative estimate of drug-likeness (QED) is 0.827. The van der Waals surface area contributed by atoms with Crippen molar-refractivity contribution in [3.8, 4) is 10.4 Å². The van der Waals surface area contributed by atoms with Gasteiger partial charge in [0.2, 0.25) is 0 Å². The number of nitrogens with two attached hydrogens (primary N) is 1. The van der Waals surface area contributed by atoms with E-state index in [-0.39, 0.29) is 5.97 Å². The molecule has 0 aliphatic heterocycles. The third kappa shape index (κ3) is 3.45. The van der Waals surface area contributed by atoms with Crippen molar-refractivity contribution in [3.05, 3.63) is 40.3 Å². The summed E-state index contributed by atoms with van der Waals surface area (Å²) in [7, 11) is 0. The van der Waals surface area contributed by atoms with E-state index in [9.17, 15) is 4.79 Å².